The number of amides is 3. The summed E-state index contributed by atoms with van der Waals surface area (Å²) in [5.41, 5.74) is 6.04. The molecule has 0 radical (unpaired) electrons. The smallest absolute Gasteiger partial charge is 0.408 e. The molecule has 0 aliphatic carbocycles. The molecule has 6 rings (SSSR count). The SMILES string of the molecule is COC(=O)N[C@@H](Cc1ccc(-c2ccccc2)cc1)C(=O)Nc1ccccc1CC[C@@H]1CN(C(=O)O)[C@H](c2cnc(-c3ccccc3)[nH]2)CO1. The van der Waals surface area contributed by atoms with E-state index in [2.05, 4.69) is 20.6 Å². The van der Waals surface area contributed by atoms with Crippen LogP contribution in [0.2, 0.25) is 0 Å². The third kappa shape index (κ3) is 8.37. The van der Waals surface area contributed by atoms with Crippen molar-refractivity contribution in [2.45, 2.75) is 37.5 Å². The van der Waals surface area contributed by atoms with Crippen LogP contribution in [0, 0.1) is 0 Å². The van der Waals surface area contributed by atoms with Crippen LogP contribution in [0.4, 0.5) is 15.3 Å². The molecule has 5 aromatic rings. The number of imidazole rings is 1. The van der Waals surface area contributed by atoms with Crippen LogP contribution in [0.3, 0.4) is 0 Å². The summed E-state index contributed by atoms with van der Waals surface area (Å²) >= 11 is 0. The molecule has 0 saturated carbocycles. The lowest BCUT2D eigenvalue weighted by atomic mass is 10.00. The Morgan fingerprint density at radius 3 is 2.28 bits per heavy atom. The molecule has 1 saturated heterocycles. The first-order valence-electron chi connectivity index (χ1n) is 16.5. The first-order valence-corrected chi connectivity index (χ1v) is 16.5. The average Bonchev–Trinajstić information content (AvgIpc) is 3.65. The second kappa shape index (κ2) is 16.0. The van der Waals surface area contributed by atoms with Gasteiger partial charge in [0.1, 0.15) is 17.9 Å². The molecule has 1 aliphatic rings. The summed E-state index contributed by atoms with van der Waals surface area (Å²) < 4.78 is 11.0. The molecule has 1 fully saturated rings. The molecule has 3 amide bonds. The Hall–Kier alpha value is -5.94. The number of para-hydroxylation sites is 1. The quantitative estimate of drug-likeness (QED) is 0.122. The van der Waals surface area contributed by atoms with Crippen LogP contribution in [0.5, 0.6) is 0 Å². The van der Waals surface area contributed by atoms with Gasteiger partial charge in [0.25, 0.3) is 0 Å². The molecule has 3 atom stereocenters. The van der Waals surface area contributed by atoms with Crippen molar-refractivity contribution in [3.63, 3.8) is 0 Å². The molecule has 4 N–H and O–H groups in total. The van der Waals surface area contributed by atoms with E-state index in [4.69, 9.17) is 9.47 Å². The summed E-state index contributed by atoms with van der Waals surface area (Å²) in [7, 11) is 1.26. The van der Waals surface area contributed by atoms with Crippen molar-refractivity contribution in [1.29, 1.82) is 0 Å². The number of aromatic nitrogens is 2. The van der Waals surface area contributed by atoms with Crippen molar-refractivity contribution in [2.75, 3.05) is 25.6 Å². The maximum absolute atomic E-state index is 13.6. The number of nitrogens with one attached hydrogen (secondary N) is 3. The lowest BCUT2D eigenvalue weighted by Crippen LogP contribution is -2.47. The number of benzene rings is 4. The molecule has 11 nitrogen and oxygen atoms in total. The van der Waals surface area contributed by atoms with E-state index >= 15 is 0 Å². The number of carbonyl (C=O) groups is 3. The summed E-state index contributed by atoms with van der Waals surface area (Å²) in [5, 5.41) is 15.8. The highest BCUT2D eigenvalue weighted by Gasteiger charge is 2.34. The van der Waals surface area contributed by atoms with E-state index in [1.54, 1.807) is 12.3 Å². The standard InChI is InChI=1S/C39H39N5O6/c1-49-38(46)43-33(22-26-16-18-28(19-17-26)27-10-4-2-5-11-27)37(45)42-32-15-9-8-12-29(32)20-21-31-24-44(39(47)48)35(25-50-31)34-23-40-36(41-34)30-13-6-3-7-14-30/h2-19,23,31,33,35H,20-22,24-25H2,1H3,(H,40,41)(H,42,45)(H,43,46)(H,47,48)/t31-,33+,35+/m1/s1. The number of aromatic amines is 1. The second-order valence-corrected chi connectivity index (χ2v) is 12.1. The van der Waals surface area contributed by atoms with Crippen LogP contribution in [-0.4, -0.2) is 70.5 Å². The molecule has 50 heavy (non-hydrogen) atoms. The zero-order valence-corrected chi connectivity index (χ0v) is 27.6. The predicted octanol–water partition coefficient (Wildman–Crippen LogP) is 6.70. The minimum atomic E-state index is -1.04. The summed E-state index contributed by atoms with van der Waals surface area (Å²) in [6.07, 6.45) is 0.871. The predicted molar refractivity (Wildman–Crippen MR) is 190 cm³/mol. The molecule has 1 aromatic heterocycles. The molecule has 0 bridgehead atoms. The van der Waals surface area contributed by atoms with Crippen molar-refractivity contribution >= 4 is 23.8 Å². The van der Waals surface area contributed by atoms with Crippen LogP contribution >= 0.6 is 0 Å². The highest BCUT2D eigenvalue weighted by molar-refractivity contribution is 5.97. The van der Waals surface area contributed by atoms with E-state index < -0.39 is 30.2 Å². The van der Waals surface area contributed by atoms with Crippen molar-refractivity contribution in [1.82, 2.24) is 20.2 Å². The topological polar surface area (TPSA) is 146 Å². The van der Waals surface area contributed by atoms with Gasteiger partial charge in [-0.3, -0.25) is 9.69 Å². The van der Waals surface area contributed by atoms with E-state index in [1.165, 1.54) is 12.0 Å². The number of nitrogens with zero attached hydrogens (tertiary/aromatic N) is 2. The number of ether oxygens (including phenoxy) is 2. The van der Waals surface area contributed by atoms with Crippen molar-refractivity contribution < 1.29 is 29.0 Å². The first-order chi connectivity index (χ1) is 24.4. The van der Waals surface area contributed by atoms with Crippen molar-refractivity contribution in [3.8, 4) is 22.5 Å². The van der Waals surface area contributed by atoms with Gasteiger partial charge in [0, 0.05) is 17.7 Å². The molecule has 1 aliphatic heterocycles. The summed E-state index contributed by atoms with van der Waals surface area (Å²) in [6.45, 7) is 0.362. The van der Waals surface area contributed by atoms with E-state index in [9.17, 15) is 19.5 Å². The number of methoxy groups -OCH3 is 1. The Kier molecular flexibility index (Phi) is 10.8. The number of carboxylic acid groups (broad SMARTS) is 1. The molecular formula is C39H39N5O6. The average molecular weight is 674 g/mol. The maximum Gasteiger partial charge on any atom is 0.408 e. The molecule has 4 aromatic carbocycles. The zero-order valence-electron chi connectivity index (χ0n) is 27.6. The van der Waals surface area contributed by atoms with E-state index in [0.717, 1.165) is 27.8 Å². The van der Waals surface area contributed by atoms with Crippen LogP contribution in [-0.2, 0) is 27.1 Å². The normalized spacial score (nSPS) is 16.3. The van der Waals surface area contributed by atoms with Gasteiger partial charge in [-0.25, -0.2) is 14.6 Å². The Morgan fingerprint density at radius 1 is 0.920 bits per heavy atom. The molecule has 256 valence electrons. The Bertz CT molecular complexity index is 1900. The fourth-order valence-electron chi connectivity index (χ4n) is 6.11. The van der Waals surface area contributed by atoms with E-state index in [0.29, 0.717) is 30.0 Å². The number of carbonyl (C=O) groups excluding carboxylic acids is 2. The van der Waals surface area contributed by atoms with Gasteiger partial charge in [0.15, 0.2) is 0 Å². The number of hydrogen-bond donors (Lipinski definition) is 4. The van der Waals surface area contributed by atoms with Crippen molar-refractivity contribution in [2.24, 2.45) is 0 Å². The number of anilines is 1. The molecule has 11 heteroatoms. The maximum atomic E-state index is 13.6. The van der Waals surface area contributed by atoms with E-state index in [1.807, 2.05) is 103 Å². The molecule has 0 unspecified atom stereocenters. The Morgan fingerprint density at radius 2 is 1.58 bits per heavy atom. The Labute approximate surface area is 290 Å². The van der Waals surface area contributed by atoms with Gasteiger partial charge in [-0.15, -0.1) is 0 Å². The first kappa shape index (κ1) is 33.9. The van der Waals surface area contributed by atoms with E-state index in [-0.39, 0.29) is 25.7 Å². The van der Waals surface area contributed by atoms with Crippen LogP contribution in [0.1, 0.15) is 29.3 Å². The largest absolute Gasteiger partial charge is 0.465 e. The third-order valence-electron chi connectivity index (χ3n) is 8.82. The lowest BCUT2D eigenvalue weighted by molar-refractivity contribution is -0.118. The highest BCUT2D eigenvalue weighted by atomic mass is 16.5. The van der Waals surface area contributed by atoms with Gasteiger partial charge in [-0.2, -0.15) is 0 Å². The number of H-pyrrole nitrogens is 1. The van der Waals surface area contributed by atoms with Crippen LogP contribution in [0.25, 0.3) is 22.5 Å². The third-order valence-corrected chi connectivity index (χ3v) is 8.82. The van der Waals surface area contributed by atoms with Gasteiger partial charge in [-0.05, 0) is 41.2 Å². The number of aryl methyl sites for hydroxylation is 1. The fraction of sp³-hybridized carbons (Fsp3) is 0.231. The molecule has 2 heterocycles. The van der Waals surface area contributed by atoms with Crippen LogP contribution in [0.15, 0.2) is 115 Å². The number of rotatable bonds is 11. The summed E-state index contributed by atoms with van der Waals surface area (Å²) in [5.74, 6) is 0.273. The number of alkyl carbamates (subject to hydrolysis) is 1. The molecule has 0 spiro atoms. The summed E-state index contributed by atoms with van der Waals surface area (Å²) in [4.78, 5) is 47.3. The van der Waals surface area contributed by atoms with Gasteiger partial charge < -0.3 is 30.2 Å². The van der Waals surface area contributed by atoms with Gasteiger partial charge in [0.2, 0.25) is 5.91 Å². The minimum Gasteiger partial charge on any atom is -0.465 e. The lowest BCUT2D eigenvalue weighted by Gasteiger charge is -2.37. The second-order valence-electron chi connectivity index (χ2n) is 12.1. The van der Waals surface area contributed by atoms with Gasteiger partial charge in [0.05, 0.1) is 38.3 Å². The monoisotopic (exact) mass is 673 g/mol. The number of hydrogen-bond acceptors (Lipinski definition) is 6. The Balaban J connectivity index is 1.09. The van der Waals surface area contributed by atoms with Gasteiger partial charge in [-0.1, -0.05) is 103 Å². The number of morpholine rings is 1. The fourth-order valence-corrected chi connectivity index (χ4v) is 6.11. The minimum absolute atomic E-state index is 0.180. The summed E-state index contributed by atoms with van der Waals surface area (Å²) in [6, 6.07) is 33.5. The van der Waals surface area contributed by atoms with Crippen LogP contribution < -0.4 is 10.6 Å². The highest BCUT2D eigenvalue weighted by Crippen LogP contribution is 2.29. The zero-order chi connectivity index (χ0) is 34.9. The molecular weight excluding hydrogens is 634 g/mol. The van der Waals surface area contributed by atoms with Crippen molar-refractivity contribution in [3.05, 3.63) is 132 Å². The van der Waals surface area contributed by atoms with Gasteiger partial charge >= 0.3 is 12.2 Å².